The first kappa shape index (κ1) is 20.0. The van der Waals surface area contributed by atoms with Crippen molar-refractivity contribution in [1.82, 2.24) is 20.3 Å². The van der Waals surface area contributed by atoms with Crippen molar-refractivity contribution in [2.75, 3.05) is 25.0 Å². The van der Waals surface area contributed by atoms with Crippen molar-refractivity contribution in [2.45, 2.75) is 0 Å². The van der Waals surface area contributed by atoms with E-state index in [9.17, 15) is 4.79 Å². The lowest BCUT2D eigenvalue weighted by Gasteiger charge is -2.10. The molecule has 0 radical (unpaired) electrons. The Morgan fingerprint density at radius 1 is 1.10 bits per heavy atom. The van der Waals surface area contributed by atoms with Crippen LogP contribution in [-0.2, 0) is 0 Å². The zero-order valence-electron chi connectivity index (χ0n) is 16.8. The summed E-state index contributed by atoms with van der Waals surface area (Å²) in [7, 11) is 3.08. The third-order valence-corrected chi connectivity index (χ3v) is 4.46. The van der Waals surface area contributed by atoms with Gasteiger partial charge < -0.3 is 25.1 Å². The van der Waals surface area contributed by atoms with E-state index in [1.807, 2.05) is 12.1 Å². The zero-order chi connectivity index (χ0) is 21.8. The molecular formula is C21H20N6O4. The maximum atomic E-state index is 11.8. The standard InChI is InChI=1S/C21H20N6O4/c1-22-20(28)18-11-14(7-8-23-18)31-13-4-6-15-17(10-13)26-21(24-15)25-16-5-3-12(27-29)9-19(16)30-2/h3-11,27,29H,1-2H3,(H,22,28)(H2,24,25,26). The second kappa shape index (κ2) is 8.59. The minimum atomic E-state index is -0.289. The van der Waals surface area contributed by atoms with Crippen LogP contribution in [0.1, 0.15) is 10.5 Å². The molecule has 2 aromatic carbocycles. The van der Waals surface area contributed by atoms with E-state index in [-0.39, 0.29) is 11.6 Å². The Morgan fingerprint density at radius 2 is 1.94 bits per heavy atom. The number of nitrogens with one attached hydrogen (secondary N) is 4. The number of benzene rings is 2. The Hall–Kier alpha value is -4.31. The van der Waals surface area contributed by atoms with E-state index in [2.05, 4.69) is 31.1 Å². The number of carbonyl (C=O) groups is 1. The molecule has 0 aliphatic rings. The van der Waals surface area contributed by atoms with E-state index in [1.54, 1.807) is 50.6 Å². The fourth-order valence-electron chi connectivity index (χ4n) is 2.97. The molecule has 4 rings (SSSR count). The molecule has 2 heterocycles. The molecule has 5 N–H and O–H groups in total. The van der Waals surface area contributed by atoms with E-state index < -0.39 is 0 Å². The molecule has 10 nitrogen and oxygen atoms in total. The highest BCUT2D eigenvalue weighted by Crippen LogP contribution is 2.31. The maximum absolute atomic E-state index is 11.8. The number of aromatic amines is 1. The first-order valence-corrected chi connectivity index (χ1v) is 9.30. The smallest absolute Gasteiger partial charge is 0.269 e. The fraction of sp³-hybridized carbons (Fsp3) is 0.0952. The van der Waals surface area contributed by atoms with Crippen LogP contribution in [-0.4, -0.2) is 40.2 Å². The average Bonchev–Trinajstić information content (AvgIpc) is 3.20. The van der Waals surface area contributed by atoms with Crippen LogP contribution < -0.4 is 25.6 Å². The van der Waals surface area contributed by atoms with Crippen molar-refractivity contribution in [1.29, 1.82) is 0 Å². The van der Waals surface area contributed by atoms with Crippen molar-refractivity contribution >= 4 is 34.3 Å². The predicted octanol–water partition coefficient (Wildman–Crippen LogP) is 3.66. The SMILES string of the molecule is CNC(=O)c1cc(Oc2ccc3nc(Nc4ccc(NO)cc4OC)[nH]c3c2)ccn1. The van der Waals surface area contributed by atoms with Crippen LogP contribution in [0.25, 0.3) is 11.0 Å². The number of imidazole rings is 1. The third-order valence-electron chi connectivity index (χ3n) is 4.46. The molecule has 0 fully saturated rings. The lowest BCUT2D eigenvalue weighted by Crippen LogP contribution is -2.18. The lowest BCUT2D eigenvalue weighted by atomic mass is 10.2. The number of methoxy groups -OCH3 is 1. The van der Waals surface area contributed by atoms with E-state index in [0.29, 0.717) is 34.6 Å². The number of amides is 1. The monoisotopic (exact) mass is 420 g/mol. The first-order valence-electron chi connectivity index (χ1n) is 9.30. The van der Waals surface area contributed by atoms with Crippen molar-refractivity contribution in [3.05, 3.63) is 60.4 Å². The van der Waals surface area contributed by atoms with Gasteiger partial charge in [-0.05, 0) is 30.3 Å². The highest BCUT2D eigenvalue weighted by atomic mass is 16.5. The van der Waals surface area contributed by atoms with Gasteiger partial charge in [-0.15, -0.1) is 0 Å². The number of pyridine rings is 1. The third kappa shape index (κ3) is 4.33. The van der Waals surface area contributed by atoms with E-state index >= 15 is 0 Å². The van der Waals surface area contributed by atoms with Gasteiger partial charge in [-0.3, -0.25) is 20.5 Å². The summed E-state index contributed by atoms with van der Waals surface area (Å²) in [6, 6.07) is 13.8. The Morgan fingerprint density at radius 3 is 2.71 bits per heavy atom. The van der Waals surface area contributed by atoms with Gasteiger partial charge in [-0.25, -0.2) is 4.98 Å². The highest BCUT2D eigenvalue weighted by molar-refractivity contribution is 5.92. The molecule has 0 saturated heterocycles. The zero-order valence-corrected chi connectivity index (χ0v) is 16.8. The molecule has 10 heteroatoms. The Balaban J connectivity index is 1.56. The fourth-order valence-corrected chi connectivity index (χ4v) is 2.97. The molecule has 0 spiro atoms. The molecule has 4 aromatic rings. The van der Waals surface area contributed by atoms with E-state index in [4.69, 9.17) is 14.7 Å². The molecule has 0 aliphatic heterocycles. The summed E-state index contributed by atoms with van der Waals surface area (Å²) < 4.78 is 11.2. The first-order chi connectivity index (χ1) is 15.1. The molecule has 31 heavy (non-hydrogen) atoms. The highest BCUT2D eigenvalue weighted by Gasteiger charge is 2.10. The van der Waals surface area contributed by atoms with Gasteiger partial charge in [-0.1, -0.05) is 0 Å². The second-order valence-electron chi connectivity index (χ2n) is 6.47. The number of fused-ring (bicyclic) bond motifs is 1. The van der Waals surface area contributed by atoms with Crippen LogP contribution in [0.2, 0.25) is 0 Å². The summed E-state index contributed by atoms with van der Waals surface area (Å²) in [4.78, 5) is 23.5. The Labute approximate surface area is 177 Å². The normalized spacial score (nSPS) is 10.5. The van der Waals surface area contributed by atoms with Crippen molar-refractivity contribution < 1.29 is 19.5 Å². The van der Waals surface area contributed by atoms with Gasteiger partial charge in [-0.2, -0.15) is 0 Å². The quantitative estimate of drug-likeness (QED) is 0.286. The van der Waals surface area contributed by atoms with E-state index in [1.165, 1.54) is 6.20 Å². The predicted molar refractivity (Wildman–Crippen MR) is 115 cm³/mol. The minimum absolute atomic E-state index is 0.269. The summed E-state index contributed by atoms with van der Waals surface area (Å²) >= 11 is 0. The van der Waals surface area contributed by atoms with Gasteiger partial charge in [0.1, 0.15) is 22.9 Å². The van der Waals surface area contributed by atoms with Crippen LogP contribution in [0.15, 0.2) is 54.7 Å². The molecule has 0 atom stereocenters. The van der Waals surface area contributed by atoms with Crippen molar-refractivity contribution in [3.8, 4) is 17.2 Å². The van der Waals surface area contributed by atoms with Gasteiger partial charge >= 0.3 is 0 Å². The lowest BCUT2D eigenvalue weighted by molar-refractivity contribution is 0.0958. The summed E-state index contributed by atoms with van der Waals surface area (Å²) in [5.41, 5.74) is 5.03. The molecule has 158 valence electrons. The second-order valence-corrected chi connectivity index (χ2v) is 6.47. The number of anilines is 3. The number of rotatable bonds is 7. The van der Waals surface area contributed by atoms with Gasteiger partial charge in [0.15, 0.2) is 0 Å². The molecule has 0 bridgehead atoms. The average molecular weight is 420 g/mol. The summed E-state index contributed by atoms with van der Waals surface area (Å²) in [6.45, 7) is 0. The van der Waals surface area contributed by atoms with Gasteiger partial charge in [0.05, 0.1) is 29.5 Å². The van der Waals surface area contributed by atoms with Crippen LogP contribution in [0.3, 0.4) is 0 Å². The number of nitrogens with zero attached hydrogens (tertiary/aromatic N) is 2. The molecule has 2 aromatic heterocycles. The molecule has 0 saturated carbocycles. The van der Waals surface area contributed by atoms with Crippen LogP contribution in [0.4, 0.5) is 17.3 Å². The summed E-state index contributed by atoms with van der Waals surface area (Å²) in [6.07, 6.45) is 1.52. The Bertz CT molecular complexity index is 1240. The topological polar surface area (TPSA) is 133 Å². The molecule has 0 aliphatic carbocycles. The van der Waals surface area contributed by atoms with Crippen LogP contribution in [0.5, 0.6) is 17.2 Å². The number of ether oxygens (including phenoxy) is 2. The maximum Gasteiger partial charge on any atom is 0.269 e. The number of carbonyl (C=O) groups excluding carboxylic acids is 1. The van der Waals surface area contributed by atoms with E-state index in [0.717, 1.165) is 11.0 Å². The van der Waals surface area contributed by atoms with Crippen LogP contribution in [0, 0.1) is 0 Å². The largest absolute Gasteiger partial charge is 0.494 e. The molecule has 0 unspecified atom stereocenters. The number of hydrogen-bond donors (Lipinski definition) is 5. The number of hydrogen-bond acceptors (Lipinski definition) is 8. The van der Waals surface area contributed by atoms with Crippen LogP contribution >= 0.6 is 0 Å². The van der Waals surface area contributed by atoms with Crippen molar-refractivity contribution in [3.63, 3.8) is 0 Å². The number of aromatic nitrogens is 3. The van der Waals surface area contributed by atoms with Gasteiger partial charge in [0.2, 0.25) is 5.95 Å². The van der Waals surface area contributed by atoms with Gasteiger partial charge in [0, 0.05) is 31.4 Å². The Kier molecular flexibility index (Phi) is 5.54. The molecular weight excluding hydrogens is 400 g/mol. The summed E-state index contributed by atoms with van der Waals surface area (Å²) in [5, 5.41) is 14.7. The summed E-state index contributed by atoms with van der Waals surface area (Å²) in [5.74, 6) is 1.83. The van der Waals surface area contributed by atoms with Crippen molar-refractivity contribution in [2.24, 2.45) is 0 Å². The minimum Gasteiger partial charge on any atom is -0.494 e. The number of H-pyrrole nitrogens is 1. The molecule has 1 amide bonds. The van der Waals surface area contributed by atoms with Gasteiger partial charge in [0.25, 0.3) is 5.91 Å².